The van der Waals surface area contributed by atoms with E-state index >= 15 is 0 Å². The lowest BCUT2D eigenvalue weighted by molar-refractivity contribution is 0.415. The number of methoxy groups -OCH3 is 1. The molecule has 128 valence electrons. The molecule has 1 heterocycles. The molecule has 0 N–H and O–H groups in total. The summed E-state index contributed by atoms with van der Waals surface area (Å²) in [7, 11) is 1.59. The van der Waals surface area contributed by atoms with Crippen LogP contribution >= 0.6 is 11.6 Å². The minimum atomic E-state index is -0.274. The van der Waals surface area contributed by atoms with Crippen molar-refractivity contribution in [2.24, 2.45) is 0 Å². The van der Waals surface area contributed by atoms with E-state index in [1.54, 1.807) is 25.3 Å². The molecule has 4 aromatic rings. The molecule has 0 atom stereocenters. The molecule has 0 aliphatic carbocycles. The molecule has 0 radical (unpaired) electrons. The number of rotatable bonds is 3. The second-order valence-electron chi connectivity index (χ2n) is 5.93. The highest BCUT2D eigenvalue weighted by Crippen LogP contribution is 2.36. The fourth-order valence-electron chi connectivity index (χ4n) is 2.99. The molecule has 0 saturated carbocycles. The Morgan fingerprint density at radius 3 is 2.38 bits per heavy atom. The average molecular weight is 364 g/mol. The van der Waals surface area contributed by atoms with Gasteiger partial charge in [0.2, 0.25) is 0 Å². The van der Waals surface area contributed by atoms with Gasteiger partial charge >= 0.3 is 0 Å². The van der Waals surface area contributed by atoms with Gasteiger partial charge in [-0.2, -0.15) is 0 Å². The van der Waals surface area contributed by atoms with Gasteiger partial charge in [-0.1, -0.05) is 35.9 Å². The van der Waals surface area contributed by atoms with E-state index in [0.717, 1.165) is 33.3 Å². The zero-order valence-corrected chi connectivity index (χ0v) is 14.8. The van der Waals surface area contributed by atoms with Gasteiger partial charge in [0.1, 0.15) is 11.6 Å². The number of aromatic nitrogens is 1. The molecule has 4 heteroatoms. The first-order chi connectivity index (χ1) is 12.7. The highest BCUT2D eigenvalue weighted by Gasteiger charge is 2.13. The first-order valence-corrected chi connectivity index (χ1v) is 8.53. The summed E-state index contributed by atoms with van der Waals surface area (Å²) >= 11 is 6.17. The molecular formula is C22H15ClFNO. The molecular weight excluding hydrogens is 349 g/mol. The monoisotopic (exact) mass is 363 g/mol. The maximum absolute atomic E-state index is 13.4. The van der Waals surface area contributed by atoms with E-state index in [1.165, 1.54) is 12.1 Å². The number of fused-ring (bicyclic) bond motifs is 1. The van der Waals surface area contributed by atoms with Crippen molar-refractivity contribution in [1.29, 1.82) is 0 Å². The smallest absolute Gasteiger partial charge is 0.138 e. The zero-order chi connectivity index (χ0) is 18.1. The fraction of sp³-hybridized carbons (Fsp3) is 0.0455. The number of benzene rings is 3. The lowest BCUT2D eigenvalue weighted by Gasteiger charge is -2.13. The SMILES string of the molecule is COc1cc(-c2cc3ccccc3nc2-c2ccc(F)cc2)ccc1Cl. The number of nitrogens with zero attached hydrogens (tertiary/aromatic N) is 1. The van der Waals surface area contributed by atoms with E-state index in [4.69, 9.17) is 21.3 Å². The Balaban J connectivity index is 2.00. The summed E-state index contributed by atoms with van der Waals surface area (Å²) < 4.78 is 18.7. The predicted octanol–water partition coefficient (Wildman–Crippen LogP) is 6.37. The second-order valence-corrected chi connectivity index (χ2v) is 6.34. The molecule has 0 spiro atoms. The molecule has 0 bridgehead atoms. The summed E-state index contributed by atoms with van der Waals surface area (Å²) in [6.45, 7) is 0. The lowest BCUT2D eigenvalue weighted by Crippen LogP contribution is -1.93. The Morgan fingerprint density at radius 1 is 0.885 bits per heavy atom. The quantitative estimate of drug-likeness (QED) is 0.422. The highest BCUT2D eigenvalue weighted by atomic mass is 35.5. The van der Waals surface area contributed by atoms with Gasteiger partial charge in [-0.25, -0.2) is 9.37 Å². The maximum Gasteiger partial charge on any atom is 0.138 e. The Bertz CT molecular complexity index is 1090. The van der Waals surface area contributed by atoms with Crippen LogP contribution in [0.2, 0.25) is 5.02 Å². The van der Waals surface area contributed by atoms with Gasteiger partial charge in [0.25, 0.3) is 0 Å². The van der Waals surface area contributed by atoms with Crippen molar-refractivity contribution in [2.75, 3.05) is 7.11 Å². The summed E-state index contributed by atoms with van der Waals surface area (Å²) in [5, 5.41) is 1.58. The van der Waals surface area contributed by atoms with E-state index in [1.807, 2.05) is 36.4 Å². The third-order valence-corrected chi connectivity index (χ3v) is 4.62. The highest BCUT2D eigenvalue weighted by molar-refractivity contribution is 6.32. The van der Waals surface area contributed by atoms with Crippen molar-refractivity contribution in [3.63, 3.8) is 0 Å². The van der Waals surface area contributed by atoms with Gasteiger partial charge in [0.15, 0.2) is 0 Å². The number of hydrogen-bond acceptors (Lipinski definition) is 2. The largest absolute Gasteiger partial charge is 0.495 e. The van der Waals surface area contributed by atoms with Crippen LogP contribution < -0.4 is 4.74 Å². The molecule has 0 unspecified atom stereocenters. The molecule has 0 amide bonds. The average Bonchev–Trinajstić information content (AvgIpc) is 2.68. The van der Waals surface area contributed by atoms with Gasteiger partial charge in [0.05, 0.1) is 23.3 Å². The molecule has 4 rings (SSSR count). The van der Waals surface area contributed by atoms with Crippen LogP contribution in [0.5, 0.6) is 5.75 Å². The molecule has 0 aliphatic rings. The van der Waals surface area contributed by atoms with Crippen LogP contribution in [-0.4, -0.2) is 12.1 Å². The van der Waals surface area contributed by atoms with Gasteiger partial charge < -0.3 is 4.74 Å². The minimum absolute atomic E-state index is 0.274. The number of halogens is 2. The third-order valence-electron chi connectivity index (χ3n) is 4.30. The van der Waals surface area contributed by atoms with Crippen LogP contribution in [0.1, 0.15) is 0 Å². The first kappa shape index (κ1) is 16.6. The van der Waals surface area contributed by atoms with E-state index in [2.05, 4.69) is 6.07 Å². The van der Waals surface area contributed by atoms with Crippen LogP contribution in [0.3, 0.4) is 0 Å². The second kappa shape index (κ2) is 6.77. The Morgan fingerprint density at radius 2 is 1.62 bits per heavy atom. The zero-order valence-electron chi connectivity index (χ0n) is 14.0. The Labute approximate surface area is 155 Å². The van der Waals surface area contributed by atoms with E-state index in [9.17, 15) is 4.39 Å². The summed E-state index contributed by atoms with van der Waals surface area (Å²) in [4.78, 5) is 4.83. The topological polar surface area (TPSA) is 22.1 Å². The number of hydrogen-bond donors (Lipinski definition) is 0. The predicted molar refractivity (Wildman–Crippen MR) is 104 cm³/mol. The minimum Gasteiger partial charge on any atom is -0.495 e. The Kier molecular flexibility index (Phi) is 4.31. The normalized spacial score (nSPS) is 10.9. The van der Waals surface area contributed by atoms with Crippen molar-refractivity contribution in [3.05, 3.63) is 83.6 Å². The molecule has 0 saturated heterocycles. The van der Waals surface area contributed by atoms with Crippen molar-refractivity contribution in [1.82, 2.24) is 4.98 Å². The summed E-state index contributed by atoms with van der Waals surface area (Å²) in [5.41, 5.74) is 4.39. The van der Waals surface area contributed by atoms with Crippen molar-refractivity contribution < 1.29 is 9.13 Å². The summed E-state index contributed by atoms with van der Waals surface area (Å²) in [5.74, 6) is 0.326. The van der Waals surface area contributed by atoms with Crippen molar-refractivity contribution in [3.8, 4) is 28.1 Å². The van der Waals surface area contributed by atoms with Crippen LogP contribution in [0, 0.1) is 5.82 Å². The fourth-order valence-corrected chi connectivity index (χ4v) is 3.19. The van der Waals surface area contributed by atoms with Crippen LogP contribution in [-0.2, 0) is 0 Å². The van der Waals surface area contributed by atoms with E-state index in [-0.39, 0.29) is 5.82 Å². The third kappa shape index (κ3) is 3.02. The molecule has 2 nitrogen and oxygen atoms in total. The van der Waals surface area contributed by atoms with Crippen LogP contribution in [0.15, 0.2) is 72.8 Å². The molecule has 0 aliphatic heterocycles. The molecule has 0 fully saturated rings. The van der Waals surface area contributed by atoms with Crippen LogP contribution in [0.25, 0.3) is 33.3 Å². The maximum atomic E-state index is 13.4. The lowest BCUT2D eigenvalue weighted by atomic mass is 9.97. The van der Waals surface area contributed by atoms with E-state index < -0.39 is 0 Å². The van der Waals surface area contributed by atoms with Gasteiger partial charge in [-0.3, -0.25) is 0 Å². The van der Waals surface area contributed by atoms with Gasteiger partial charge in [-0.15, -0.1) is 0 Å². The number of para-hydroxylation sites is 1. The summed E-state index contributed by atoms with van der Waals surface area (Å²) in [6.07, 6.45) is 0. The molecule has 26 heavy (non-hydrogen) atoms. The number of pyridine rings is 1. The number of ether oxygens (including phenoxy) is 1. The van der Waals surface area contributed by atoms with Gasteiger partial charge in [0, 0.05) is 16.5 Å². The summed E-state index contributed by atoms with van der Waals surface area (Å²) in [6, 6.07) is 22.0. The molecule has 1 aromatic heterocycles. The van der Waals surface area contributed by atoms with Crippen LogP contribution in [0.4, 0.5) is 4.39 Å². The standard InChI is InChI=1S/C22H15ClFNO/c1-26-21-13-15(8-11-19(21)23)18-12-16-4-2-3-5-20(16)25-22(18)14-6-9-17(24)10-7-14/h2-13H,1H3. The van der Waals surface area contributed by atoms with Crippen molar-refractivity contribution >= 4 is 22.5 Å². The van der Waals surface area contributed by atoms with E-state index in [0.29, 0.717) is 10.8 Å². The first-order valence-electron chi connectivity index (χ1n) is 8.15. The molecule has 3 aromatic carbocycles. The Hall–Kier alpha value is -2.91. The van der Waals surface area contributed by atoms with Gasteiger partial charge in [-0.05, 0) is 54.1 Å². The van der Waals surface area contributed by atoms with Crippen molar-refractivity contribution in [2.45, 2.75) is 0 Å².